The molecule has 0 saturated carbocycles. The van der Waals surface area contributed by atoms with Gasteiger partial charge in [-0.25, -0.2) is 0 Å². The van der Waals surface area contributed by atoms with Crippen LogP contribution in [0.3, 0.4) is 0 Å². The van der Waals surface area contributed by atoms with E-state index in [4.69, 9.17) is 0 Å². The second kappa shape index (κ2) is 7.73. The van der Waals surface area contributed by atoms with Gasteiger partial charge in [0.25, 0.3) is 0 Å². The zero-order valence-electron chi connectivity index (χ0n) is 13.8. The molecule has 124 valence electrons. The van der Waals surface area contributed by atoms with Crippen LogP contribution < -0.4 is 0 Å². The minimum Gasteiger partial charge on any atom is -0.396 e. The Labute approximate surface area is 137 Å². The fraction of sp³-hybridized carbons (Fsp3) is 0.500. The predicted molar refractivity (Wildman–Crippen MR) is 90.9 cm³/mol. The number of hydrogen-bond donors (Lipinski definition) is 2. The van der Waals surface area contributed by atoms with Crippen LogP contribution in [0, 0.1) is 6.92 Å². The first-order valence-electron chi connectivity index (χ1n) is 8.36. The highest BCUT2D eigenvalue weighted by Crippen LogP contribution is 2.19. The molecule has 3 rings (SSSR count). The molecule has 23 heavy (non-hydrogen) atoms. The molecule has 2 N–H and O–H groups in total. The van der Waals surface area contributed by atoms with Gasteiger partial charge in [0.2, 0.25) is 0 Å². The molecule has 1 unspecified atom stereocenters. The Kier molecular flexibility index (Phi) is 5.43. The third kappa shape index (κ3) is 4.19. The molecule has 0 bridgehead atoms. The summed E-state index contributed by atoms with van der Waals surface area (Å²) in [6, 6.07) is 11.0. The maximum Gasteiger partial charge on any atom is 0.0492 e. The number of aryl methyl sites for hydroxylation is 1. The van der Waals surface area contributed by atoms with E-state index in [1.807, 2.05) is 6.07 Å². The number of rotatable bonds is 6. The molecule has 1 aromatic carbocycles. The topological polar surface area (TPSA) is 55.4 Å². The average molecular weight is 314 g/mol. The van der Waals surface area contributed by atoms with Crippen LogP contribution in [0.2, 0.25) is 0 Å². The van der Waals surface area contributed by atoms with E-state index >= 15 is 0 Å². The number of benzene rings is 1. The molecule has 0 amide bonds. The minimum absolute atomic E-state index is 0.243. The quantitative estimate of drug-likeness (QED) is 0.853. The molecular formula is C18H26N4O. The summed E-state index contributed by atoms with van der Waals surface area (Å²) in [7, 11) is 0. The van der Waals surface area contributed by atoms with Crippen molar-refractivity contribution in [1.29, 1.82) is 0 Å². The van der Waals surface area contributed by atoms with Crippen LogP contribution in [0.25, 0.3) is 0 Å². The number of hydrogen-bond acceptors (Lipinski definition) is 4. The summed E-state index contributed by atoms with van der Waals surface area (Å²) in [6.07, 6.45) is 2.63. The number of nitrogens with zero attached hydrogens (tertiary/aromatic N) is 3. The van der Waals surface area contributed by atoms with E-state index in [0.717, 1.165) is 44.8 Å². The number of aromatic nitrogens is 2. The normalized spacial score (nSPS) is 20.0. The third-order valence-corrected chi connectivity index (χ3v) is 4.74. The molecule has 2 aromatic rings. The lowest BCUT2D eigenvalue weighted by Crippen LogP contribution is -2.52. The number of nitrogens with one attached hydrogen (secondary N) is 1. The Morgan fingerprint density at radius 1 is 1.22 bits per heavy atom. The minimum atomic E-state index is 0.243. The van der Waals surface area contributed by atoms with Crippen molar-refractivity contribution in [1.82, 2.24) is 20.0 Å². The number of aliphatic hydroxyl groups excluding tert-OH is 1. The van der Waals surface area contributed by atoms with Crippen molar-refractivity contribution in [3.05, 3.63) is 53.3 Å². The van der Waals surface area contributed by atoms with Gasteiger partial charge in [-0.05, 0) is 30.5 Å². The van der Waals surface area contributed by atoms with Gasteiger partial charge < -0.3 is 5.11 Å². The van der Waals surface area contributed by atoms with Crippen molar-refractivity contribution in [2.75, 3.05) is 26.2 Å². The molecule has 1 saturated heterocycles. The maximum atomic E-state index is 9.44. The van der Waals surface area contributed by atoms with Gasteiger partial charge in [-0.2, -0.15) is 5.10 Å². The van der Waals surface area contributed by atoms with E-state index in [-0.39, 0.29) is 6.61 Å². The summed E-state index contributed by atoms with van der Waals surface area (Å²) in [6.45, 7) is 7.36. The molecule has 2 heterocycles. The summed E-state index contributed by atoms with van der Waals surface area (Å²) in [5.41, 5.74) is 3.88. The number of H-pyrrole nitrogens is 1. The molecule has 1 aliphatic rings. The Hall–Kier alpha value is -1.69. The van der Waals surface area contributed by atoms with Gasteiger partial charge in [0.05, 0.1) is 0 Å². The van der Waals surface area contributed by atoms with Crippen LogP contribution in [0.5, 0.6) is 0 Å². The van der Waals surface area contributed by atoms with Gasteiger partial charge in [0.1, 0.15) is 0 Å². The van der Waals surface area contributed by atoms with E-state index in [0.29, 0.717) is 6.04 Å². The van der Waals surface area contributed by atoms with Gasteiger partial charge in [-0.3, -0.25) is 14.9 Å². The SMILES string of the molecule is Cc1ccccc1CN1CCN(Cc2ccn[nH]2)CC1CCO. The van der Waals surface area contributed by atoms with Crippen LogP contribution in [-0.2, 0) is 13.1 Å². The van der Waals surface area contributed by atoms with E-state index in [1.54, 1.807) is 6.20 Å². The number of aliphatic hydroxyl groups is 1. The van der Waals surface area contributed by atoms with Crippen LogP contribution in [0.1, 0.15) is 23.2 Å². The highest BCUT2D eigenvalue weighted by molar-refractivity contribution is 5.25. The fourth-order valence-electron chi connectivity index (χ4n) is 3.35. The smallest absolute Gasteiger partial charge is 0.0492 e. The van der Waals surface area contributed by atoms with E-state index in [2.05, 4.69) is 51.2 Å². The first-order chi connectivity index (χ1) is 11.3. The molecule has 0 aliphatic carbocycles. The second-order valence-corrected chi connectivity index (χ2v) is 6.38. The summed E-state index contributed by atoms with van der Waals surface area (Å²) < 4.78 is 0. The maximum absolute atomic E-state index is 9.44. The summed E-state index contributed by atoms with van der Waals surface area (Å²) >= 11 is 0. The molecule has 5 nitrogen and oxygen atoms in total. The average Bonchev–Trinajstić information content (AvgIpc) is 3.05. The molecule has 5 heteroatoms. The number of aromatic amines is 1. The lowest BCUT2D eigenvalue weighted by atomic mass is 10.0. The monoisotopic (exact) mass is 314 g/mol. The van der Waals surface area contributed by atoms with Gasteiger partial charge in [0, 0.05) is 57.3 Å². The van der Waals surface area contributed by atoms with E-state index in [1.165, 1.54) is 11.1 Å². The first kappa shape index (κ1) is 16.2. The fourth-order valence-corrected chi connectivity index (χ4v) is 3.35. The van der Waals surface area contributed by atoms with E-state index < -0.39 is 0 Å². The highest BCUT2D eigenvalue weighted by atomic mass is 16.3. The van der Waals surface area contributed by atoms with Gasteiger partial charge in [0.15, 0.2) is 0 Å². The molecule has 0 spiro atoms. The van der Waals surface area contributed by atoms with Gasteiger partial charge in [-0.1, -0.05) is 24.3 Å². The predicted octanol–water partition coefficient (Wildman–Crippen LogP) is 1.79. The molecule has 0 radical (unpaired) electrons. The van der Waals surface area contributed by atoms with Crippen molar-refractivity contribution in [2.45, 2.75) is 32.5 Å². The Morgan fingerprint density at radius 2 is 2.09 bits per heavy atom. The lowest BCUT2D eigenvalue weighted by molar-refractivity contribution is 0.0493. The van der Waals surface area contributed by atoms with Crippen molar-refractivity contribution in [3.63, 3.8) is 0 Å². The molecule has 1 atom stereocenters. The number of piperazine rings is 1. The largest absolute Gasteiger partial charge is 0.396 e. The molecule has 1 fully saturated rings. The Morgan fingerprint density at radius 3 is 2.83 bits per heavy atom. The molecule has 1 aromatic heterocycles. The zero-order chi connectivity index (χ0) is 16.1. The van der Waals surface area contributed by atoms with Crippen LogP contribution in [-0.4, -0.2) is 57.4 Å². The first-order valence-corrected chi connectivity index (χ1v) is 8.36. The van der Waals surface area contributed by atoms with Crippen molar-refractivity contribution >= 4 is 0 Å². The summed E-state index contributed by atoms with van der Waals surface area (Å²) in [5.74, 6) is 0. The second-order valence-electron chi connectivity index (χ2n) is 6.38. The summed E-state index contributed by atoms with van der Waals surface area (Å²) in [4.78, 5) is 4.96. The standard InChI is InChI=1S/C18H26N4O/c1-15-4-2-3-5-16(15)12-22-10-9-21(14-18(22)7-11-23)13-17-6-8-19-20-17/h2-6,8,18,23H,7,9-14H2,1H3,(H,19,20). The Balaban J connectivity index is 1.64. The highest BCUT2D eigenvalue weighted by Gasteiger charge is 2.27. The Bertz CT molecular complexity index is 599. The lowest BCUT2D eigenvalue weighted by Gasteiger charge is -2.41. The zero-order valence-corrected chi connectivity index (χ0v) is 13.8. The van der Waals surface area contributed by atoms with Crippen LogP contribution in [0.4, 0.5) is 0 Å². The molecule has 1 aliphatic heterocycles. The summed E-state index contributed by atoms with van der Waals surface area (Å²) in [5, 5.41) is 16.5. The third-order valence-electron chi connectivity index (χ3n) is 4.74. The molecular weight excluding hydrogens is 288 g/mol. The van der Waals surface area contributed by atoms with E-state index in [9.17, 15) is 5.11 Å². The van der Waals surface area contributed by atoms with Gasteiger partial charge >= 0.3 is 0 Å². The van der Waals surface area contributed by atoms with Crippen molar-refractivity contribution < 1.29 is 5.11 Å². The van der Waals surface area contributed by atoms with Crippen LogP contribution in [0.15, 0.2) is 36.5 Å². The van der Waals surface area contributed by atoms with Crippen molar-refractivity contribution in [3.8, 4) is 0 Å². The van der Waals surface area contributed by atoms with Gasteiger partial charge in [-0.15, -0.1) is 0 Å². The van der Waals surface area contributed by atoms with Crippen LogP contribution >= 0.6 is 0 Å². The van der Waals surface area contributed by atoms with Crippen molar-refractivity contribution in [2.24, 2.45) is 0 Å².